The average molecular weight is 256 g/mol. The van der Waals surface area contributed by atoms with Crippen LogP contribution >= 0.6 is 0 Å². The van der Waals surface area contributed by atoms with E-state index in [4.69, 9.17) is 4.74 Å². The number of rotatable bonds is 2. The van der Waals surface area contributed by atoms with Crippen molar-refractivity contribution in [3.63, 3.8) is 0 Å². The minimum Gasteiger partial charge on any atom is -0.480 e. The van der Waals surface area contributed by atoms with Gasteiger partial charge in [-0.1, -0.05) is 23.8 Å². The van der Waals surface area contributed by atoms with Crippen LogP contribution < -0.4 is 4.74 Å². The molecule has 4 nitrogen and oxygen atoms in total. The number of ether oxygens (including phenoxy) is 1. The highest BCUT2D eigenvalue weighted by atomic mass is 16.5. The normalized spacial score (nSPS) is 21.2. The molecule has 1 heterocycles. The number of hydrogen-bond donors (Lipinski definition) is 1. The summed E-state index contributed by atoms with van der Waals surface area (Å²) < 4.78 is 5.23. The number of nitrogens with zero attached hydrogens (tertiary/aromatic N) is 2. The Bertz CT molecular complexity index is 627. The highest BCUT2D eigenvalue weighted by Gasteiger charge is 2.42. The second kappa shape index (κ2) is 4.31. The fourth-order valence-corrected chi connectivity index (χ4v) is 2.75. The van der Waals surface area contributed by atoms with Gasteiger partial charge in [-0.2, -0.15) is 0 Å². The van der Waals surface area contributed by atoms with E-state index in [1.165, 1.54) is 5.56 Å². The van der Waals surface area contributed by atoms with Gasteiger partial charge in [0.25, 0.3) is 0 Å². The zero-order valence-corrected chi connectivity index (χ0v) is 11.1. The van der Waals surface area contributed by atoms with E-state index >= 15 is 0 Å². The van der Waals surface area contributed by atoms with Gasteiger partial charge in [0.2, 0.25) is 5.88 Å². The first-order valence-electron chi connectivity index (χ1n) is 6.33. The third kappa shape index (κ3) is 1.79. The van der Waals surface area contributed by atoms with Gasteiger partial charge < -0.3 is 9.84 Å². The predicted octanol–water partition coefficient (Wildman–Crippen LogP) is 1.98. The van der Waals surface area contributed by atoms with E-state index in [1.807, 2.05) is 13.0 Å². The summed E-state index contributed by atoms with van der Waals surface area (Å²) in [7, 11) is 1.54. The Morgan fingerprint density at radius 2 is 2.05 bits per heavy atom. The Morgan fingerprint density at radius 1 is 1.26 bits per heavy atom. The lowest BCUT2D eigenvalue weighted by atomic mass is 9.91. The summed E-state index contributed by atoms with van der Waals surface area (Å²) in [6, 6.07) is 6.17. The molecule has 0 saturated heterocycles. The maximum Gasteiger partial charge on any atom is 0.238 e. The quantitative estimate of drug-likeness (QED) is 0.892. The molecule has 2 aromatic rings. The van der Waals surface area contributed by atoms with Crippen molar-refractivity contribution in [1.82, 2.24) is 9.97 Å². The van der Waals surface area contributed by atoms with Gasteiger partial charge in [0.15, 0.2) is 0 Å². The van der Waals surface area contributed by atoms with E-state index in [-0.39, 0.29) is 0 Å². The van der Waals surface area contributed by atoms with Crippen LogP contribution in [0.15, 0.2) is 30.6 Å². The van der Waals surface area contributed by atoms with E-state index in [1.54, 1.807) is 19.5 Å². The van der Waals surface area contributed by atoms with Crippen LogP contribution in [-0.4, -0.2) is 22.2 Å². The lowest BCUT2D eigenvalue weighted by Crippen LogP contribution is -2.26. The molecule has 0 bridgehead atoms. The lowest BCUT2D eigenvalue weighted by Gasteiger charge is -2.24. The number of benzene rings is 1. The maximum atomic E-state index is 11.1. The fourth-order valence-electron chi connectivity index (χ4n) is 2.75. The summed E-state index contributed by atoms with van der Waals surface area (Å²) >= 11 is 0. The summed E-state index contributed by atoms with van der Waals surface area (Å²) in [4.78, 5) is 8.43. The molecule has 1 aromatic carbocycles. The molecular weight excluding hydrogens is 240 g/mol. The first-order chi connectivity index (χ1) is 9.15. The number of aliphatic hydroxyl groups is 1. The van der Waals surface area contributed by atoms with Crippen LogP contribution in [0.25, 0.3) is 0 Å². The van der Waals surface area contributed by atoms with E-state index < -0.39 is 5.60 Å². The summed E-state index contributed by atoms with van der Waals surface area (Å²) in [6.45, 7) is 2.02. The Hall–Kier alpha value is -1.94. The first kappa shape index (κ1) is 12.1. The number of hydrogen-bond acceptors (Lipinski definition) is 4. The molecule has 0 spiro atoms. The first-order valence-corrected chi connectivity index (χ1v) is 6.33. The third-order valence-corrected chi connectivity index (χ3v) is 3.72. The van der Waals surface area contributed by atoms with Crippen LogP contribution in [0.5, 0.6) is 5.88 Å². The molecule has 1 aliphatic rings. The molecule has 98 valence electrons. The minimum atomic E-state index is -1.10. The molecule has 0 radical (unpaired) electrons. The summed E-state index contributed by atoms with van der Waals surface area (Å²) in [5.74, 6) is 0.388. The van der Waals surface area contributed by atoms with Crippen LogP contribution in [0.1, 0.15) is 28.8 Å². The molecule has 1 unspecified atom stereocenters. The molecule has 19 heavy (non-hydrogen) atoms. The average Bonchev–Trinajstić information content (AvgIpc) is 2.77. The monoisotopic (exact) mass is 256 g/mol. The van der Waals surface area contributed by atoms with Gasteiger partial charge in [-0.25, -0.2) is 4.98 Å². The zero-order valence-electron chi connectivity index (χ0n) is 11.1. The molecule has 1 aliphatic carbocycles. The topological polar surface area (TPSA) is 55.2 Å². The molecule has 0 fully saturated rings. The summed E-state index contributed by atoms with van der Waals surface area (Å²) in [5, 5.41) is 11.1. The van der Waals surface area contributed by atoms with E-state index in [2.05, 4.69) is 22.1 Å². The second-order valence-corrected chi connectivity index (χ2v) is 4.94. The van der Waals surface area contributed by atoms with Crippen LogP contribution in [0, 0.1) is 6.92 Å². The molecule has 1 N–H and O–H groups in total. The summed E-state index contributed by atoms with van der Waals surface area (Å²) in [6.07, 6.45) is 4.61. The van der Waals surface area contributed by atoms with E-state index in [9.17, 15) is 5.11 Å². The van der Waals surface area contributed by atoms with Crippen LogP contribution in [0.2, 0.25) is 0 Å². The van der Waals surface area contributed by atoms with Gasteiger partial charge in [-0.05, 0) is 30.9 Å². The van der Waals surface area contributed by atoms with Crippen LogP contribution in [0.4, 0.5) is 0 Å². The predicted molar refractivity (Wildman–Crippen MR) is 71.1 cm³/mol. The van der Waals surface area contributed by atoms with Crippen molar-refractivity contribution in [2.24, 2.45) is 0 Å². The third-order valence-electron chi connectivity index (χ3n) is 3.72. The molecule has 0 saturated carbocycles. The Morgan fingerprint density at radius 3 is 2.84 bits per heavy atom. The molecule has 1 aromatic heterocycles. The van der Waals surface area contributed by atoms with Crippen LogP contribution in [-0.2, 0) is 12.0 Å². The van der Waals surface area contributed by atoms with Gasteiger partial charge in [-0.3, -0.25) is 4.98 Å². The second-order valence-electron chi connectivity index (χ2n) is 4.94. The van der Waals surface area contributed by atoms with Crippen molar-refractivity contribution in [3.8, 4) is 5.88 Å². The molecule has 4 heteroatoms. The smallest absolute Gasteiger partial charge is 0.238 e. The molecule has 0 amide bonds. The van der Waals surface area contributed by atoms with E-state index in [0.29, 0.717) is 18.0 Å². The SMILES string of the molecule is COc1nccnc1C1(O)CCc2ccc(C)cc21. The van der Waals surface area contributed by atoms with Crippen molar-refractivity contribution in [3.05, 3.63) is 53.0 Å². The van der Waals surface area contributed by atoms with Crippen LogP contribution in [0.3, 0.4) is 0 Å². The Labute approximate surface area is 112 Å². The fraction of sp³-hybridized carbons (Fsp3) is 0.333. The van der Waals surface area contributed by atoms with Gasteiger partial charge >= 0.3 is 0 Å². The highest BCUT2D eigenvalue weighted by molar-refractivity contribution is 5.47. The largest absolute Gasteiger partial charge is 0.480 e. The van der Waals surface area contributed by atoms with Gasteiger partial charge in [-0.15, -0.1) is 0 Å². The standard InChI is InChI=1S/C15H16N2O2/c1-10-3-4-11-5-6-15(18,12(11)9-10)13-14(19-2)17-8-7-16-13/h3-4,7-9,18H,5-6H2,1-2H3. The van der Waals surface area contributed by atoms with Gasteiger partial charge in [0.1, 0.15) is 11.3 Å². The highest BCUT2D eigenvalue weighted by Crippen LogP contribution is 2.43. The number of methoxy groups -OCH3 is 1. The number of aryl methyl sites for hydroxylation is 2. The Balaban J connectivity index is 2.19. The van der Waals surface area contributed by atoms with Crippen molar-refractivity contribution in [1.29, 1.82) is 0 Å². The lowest BCUT2D eigenvalue weighted by molar-refractivity contribution is 0.0742. The molecule has 1 atom stereocenters. The van der Waals surface area contributed by atoms with Crippen molar-refractivity contribution >= 4 is 0 Å². The molecule has 0 aliphatic heterocycles. The maximum absolute atomic E-state index is 11.1. The van der Waals surface area contributed by atoms with Gasteiger partial charge in [0, 0.05) is 12.4 Å². The van der Waals surface area contributed by atoms with E-state index in [0.717, 1.165) is 17.5 Å². The molecule has 3 rings (SSSR count). The van der Waals surface area contributed by atoms with Crippen molar-refractivity contribution in [2.45, 2.75) is 25.4 Å². The molecular formula is C15H16N2O2. The van der Waals surface area contributed by atoms with Crippen molar-refractivity contribution in [2.75, 3.05) is 7.11 Å². The number of aromatic nitrogens is 2. The Kier molecular flexibility index (Phi) is 2.75. The van der Waals surface area contributed by atoms with Gasteiger partial charge in [0.05, 0.1) is 7.11 Å². The minimum absolute atomic E-state index is 0.388. The zero-order chi connectivity index (χ0) is 13.5. The summed E-state index contributed by atoms with van der Waals surface area (Å²) in [5.41, 5.74) is 2.62. The van der Waals surface area contributed by atoms with Crippen molar-refractivity contribution < 1.29 is 9.84 Å². The number of fused-ring (bicyclic) bond motifs is 1.